The van der Waals surface area contributed by atoms with E-state index >= 15 is 0 Å². The van der Waals surface area contributed by atoms with Gasteiger partial charge in [0.25, 0.3) is 0 Å². The number of imidazole rings is 1. The van der Waals surface area contributed by atoms with Crippen LogP contribution in [0.2, 0.25) is 0 Å². The van der Waals surface area contributed by atoms with E-state index in [9.17, 15) is 0 Å². The molecule has 0 bridgehead atoms. The maximum atomic E-state index is 5.05. The minimum atomic E-state index is 0. The third-order valence-electron chi connectivity index (χ3n) is 4.40. The molecule has 0 fully saturated rings. The summed E-state index contributed by atoms with van der Waals surface area (Å²) in [6.45, 7) is 3.14. The van der Waals surface area contributed by atoms with Crippen LogP contribution in [0.15, 0.2) is 59.9 Å². The smallest absolute Gasteiger partial charge is 0.191 e. The Labute approximate surface area is 183 Å². The maximum Gasteiger partial charge on any atom is 0.191 e. The predicted molar refractivity (Wildman–Crippen MR) is 125 cm³/mol. The lowest BCUT2D eigenvalue weighted by molar-refractivity contribution is 0.195. The largest absolute Gasteiger partial charge is 0.385 e. The van der Waals surface area contributed by atoms with Gasteiger partial charge in [-0.1, -0.05) is 36.4 Å². The lowest BCUT2D eigenvalue weighted by Crippen LogP contribution is -2.37. The molecule has 2 N–H and O–H groups in total. The third-order valence-corrected chi connectivity index (χ3v) is 4.40. The zero-order chi connectivity index (χ0) is 18.9. The van der Waals surface area contributed by atoms with Crippen molar-refractivity contribution >= 4 is 41.0 Å². The number of rotatable bonds is 8. The molecule has 0 aliphatic heterocycles. The Kier molecular flexibility index (Phi) is 9.22. The Balaban J connectivity index is 0.00000280. The molecule has 1 heterocycles. The molecule has 0 spiro atoms. The number of para-hydroxylation sites is 2. The van der Waals surface area contributed by atoms with E-state index in [0.29, 0.717) is 0 Å². The monoisotopic (exact) mass is 493 g/mol. The predicted octanol–water partition coefficient (Wildman–Crippen LogP) is 3.40. The van der Waals surface area contributed by atoms with Gasteiger partial charge in [0.15, 0.2) is 5.96 Å². The van der Waals surface area contributed by atoms with Crippen LogP contribution in [-0.2, 0) is 17.8 Å². The normalized spacial score (nSPS) is 11.3. The molecule has 0 amide bonds. The van der Waals surface area contributed by atoms with Crippen molar-refractivity contribution in [2.45, 2.75) is 19.5 Å². The standard InChI is InChI=1S/C21H27N5O.HI/c1-22-21(23-12-5-13-27-2)24-14-17-8-10-18(11-9-17)15-26-16-25-19-6-3-4-7-20(19)26;/h3-4,6-11,16H,5,12-15H2,1-2H3,(H2,22,23,24);1H. The minimum absolute atomic E-state index is 0. The first-order valence-corrected chi connectivity index (χ1v) is 9.21. The molecule has 2 aromatic carbocycles. The Morgan fingerprint density at radius 2 is 1.82 bits per heavy atom. The van der Waals surface area contributed by atoms with Crippen molar-refractivity contribution in [2.75, 3.05) is 27.3 Å². The summed E-state index contributed by atoms with van der Waals surface area (Å²) in [5.74, 6) is 0.806. The summed E-state index contributed by atoms with van der Waals surface area (Å²) in [5, 5.41) is 6.62. The number of nitrogens with one attached hydrogen (secondary N) is 2. The average Bonchev–Trinajstić information content (AvgIpc) is 3.11. The second-order valence-electron chi connectivity index (χ2n) is 6.38. The van der Waals surface area contributed by atoms with Gasteiger partial charge >= 0.3 is 0 Å². The topological polar surface area (TPSA) is 63.5 Å². The molecule has 0 unspecified atom stereocenters. The molecule has 3 rings (SSSR count). The first-order valence-electron chi connectivity index (χ1n) is 9.21. The molecule has 0 aliphatic rings. The van der Waals surface area contributed by atoms with Crippen molar-refractivity contribution in [1.82, 2.24) is 20.2 Å². The number of aromatic nitrogens is 2. The van der Waals surface area contributed by atoms with Crippen molar-refractivity contribution in [1.29, 1.82) is 0 Å². The SMILES string of the molecule is CN=C(NCCCOC)NCc1ccc(Cn2cnc3ccccc32)cc1.I. The fraction of sp³-hybridized carbons (Fsp3) is 0.333. The lowest BCUT2D eigenvalue weighted by Gasteiger charge is -2.12. The summed E-state index contributed by atoms with van der Waals surface area (Å²) in [6.07, 6.45) is 2.86. The van der Waals surface area contributed by atoms with E-state index in [1.54, 1.807) is 14.2 Å². The van der Waals surface area contributed by atoms with Crippen LogP contribution >= 0.6 is 24.0 Å². The summed E-state index contributed by atoms with van der Waals surface area (Å²) in [6, 6.07) is 16.8. The highest BCUT2D eigenvalue weighted by molar-refractivity contribution is 14.0. The molecule has 7 heteroatoms. The molecule has 150 valence electrons. The molecule has 1 aromatic heterocycles. The van der Waals surface area contributed by atoms with Crippen LogP contribution in [0.25, 0.3) is 11.0 Å². The van der Waals surface area contributed by atoms with Gasteiger partial charge in [-0.05, 0) is 29.7 Å². The molecule has 0 atom stereocenters. The van der Waals surface area contributed by atoms with Crippen molar-refractivity contribution < 1.29 is 4.74 Å². The van der Waals surface area contributed by atoms with Gasteiger partial charge in [0.05, 0.1) is 17.4 Å². The molecule has 6 nitrogen and oxygen atoms in total. The van der Waals surface area contributed by atoms with E-state index in [2.05, 4.69) is 55.5 Å². The summed E-state index contributed by atoms with van der Waals surface area (Å²) < 4.78 is 7.23. The van der Waals surface area contributed by atoms with Crippen LogP contribution in [0, 0.1) is 0 Å². The summed E-state index contributed by atoms with van der Waals surface area (Å²) in [4.78, 5) is 8.69. The van der Waals surface area contributed by atoms with Crippen molar-refractivity contribution in [3.05, 3.63) is 66.0 Å². The molecule has 0 saturated carbocycles. The molecule has 0 aliphatic carbocycles. The van der Waals surface area contributed by atoms with Gasteiger partial charge in [0.2, 0.25) is 0 Å². The molecule has 0 radical (unpaired) electrons. The quantitative estimate of drug-likeness (QED) is 0.219. The van der Waals surface area contributed by atoms with E-state index in [0.717, 1.165) is 49.7 Å². The van der Waals surface area contributed by atoms with Gasteiger partial charge in [0.1, 0.15) is 0 Å². The number of methoxy groups -OCH3 is 1. The second-order valence-corrected chi connectivity index (χ2v) is 6.38. The van der Waals surface area contributed by atoms with E-state index in [4.69, 9.17) is 4.74 Å². The number of guanidine groups is 1. The molecule has 28 heavy (non-hydrogen) atoms. The highest BCUT2D eigenvalue weighted by Crippen LogP contribution is 2.14. The number of aliphatic imine (C=N–C) groups is 1. The van der Waals surface area contributed by atoms with Crippen LogP contribution in [0.1, 0.15) is 17.5 Å². The van der Waals surface area contributed by atoms with E-state index in [1.807, 2.05) is 24.5 Å². The van der Waals surface area contributed by atoms with Crippen molar-refractivity contribution in [3.63, 3.8) is 0 Å². The number of halogens is 1. The van der Waals surface area contributed by atoms with E-state index in [1.165, 1.54) is 11.1 Å². The van der Waals surface area contributed by atoms with Crippen LogP contribution in [0.3, 0.4) is 0 Å². The molecule has 0 saturated heterocycles. The van der Waals surface area contributed by atoms with Gasteiger partial charge in [-0.2, -0.15) is 0 Å². The number of benzene rings is 2. The summed E-state index contributed by atoms with van der Waals surface area (Å²) in [7, 11) is 3.50. The van der Waals surface area contributed by atoms with Gasteiger partial charge in [-0.25, -0.2) is 4.98 Å². The zero-order valence-electron chi connectivity index (χ0n) is 16.4. The average molecular weight is 493 g/mol. The third kappa shape index (κ3) is 6.20. The van der Waals surface area contributed by atoms with Crippen LogP contribution < -0.4 is 10.6 Å². The Morgan fingerprint density at radius 1 is 1.07 bits per heavy atom. The Morgan fingerprint density at radius 3 is 2.57 bits per heavy atom. The van der Waals surface area contributed by atoms with Crippen molar-refractivity contribution in [3.8, 4) is 0 Å². The number of hydrogen-bond acceptors (Lipinski definition) is 3. The van der Waals surface area contributed by atoms with E-state index in [-0.39, 0.29) is 24.0 Å². The Bertz CT molecular complexity index is 876. The van der Waals surface area contributed by atoms with E-state index < -0.39 is 0 Å². The first-order chi connectivity index (χ1) is 13.3. The van der Waals surface area contributed by atoms with Gasteiger partial charge in [-0.3, -0.25) is 4.99 Å². The fourth-order valence-electron chi connectivity index (χ4n) is 2.93. The van der Waals surface area contributed by atoms with Crippen LogP contribution in [0.5, 0.6) is 0 Å². The number of ether oxygens (including phenoxy) is 1. The zero-order valence-corrected chi connectivity index (χ0v) is 18.7. The fourth-order valence-corrected chi connectivity index (χ4v) is 2.93. The van der Waals surface area contributed by atoms with Gasteiger partial charge in [0, 0.05) is 40.4 Å². The van der Waals surface area contributed by atoms with Gasteiger partial charge < -0.3 is 19.9 Å². The minimum Gasteiger partial charge on any atom is -0.385 e. The molecular weight excluding hydrogens is 465 g/mol. The van der Waals surface area contributed by atoms with Crippen LogP contribution in [0.4, 0.5) is 0 Å². The highest BCUT2D eigenvalue weighted by atomic mass is 127. The maximum absolute atomic E-state index is 5.05. The van der Waals surface area contributed by atoms with Crippen molar-refractivity contribution in [2.24, 2.45) is 4.99 Å². The number of fused-ring (bicyclic) bond motifs is 1. The van der Waals surface area contributed by atoms with Crippen LogP contribution in [-0.4, -0.2) is 42.8 Å². The number of hydrogen-bond donors (Lipinski definition) is 2. The summed E-state index contributed by atoms with van der Waals surface area (Å²) in [5.41, 5.74) is 4.66. The first kappa shape index (κ1) is 22.2. The lowest BCUT2D eigenvalue weighted by atomic mass is 10.1. The Hall–Kier alpha value is -2.13. The highest BCUT2D eigenvalue weighted by Gasteiger charge is 2.03. The molecular formula is C21H28IN5O. The van der Waals surface area contributed by atoms with Gasteiger partial charge in [-0.15, -0.1) is 24.0 Å². The number of nitrogens with zero attached hydrogens (tertiary/aromatic N) is 3. The second kappa shape index (κ2) is 11.7. The summed E-state index contributed by atoms with van der Waals surface area (Å²) >= 11 is 0. The molecule has 3 aromatic rings.